The highest BCUT2D eigenvalue weighted by Gasteiger charge is 2.59. The van der Waals surface area contributed by atoms with Crippen LogP contribution in [0.25, 0.3) is 0 Å². The summed E-state index contributed by atoms with van der Waals surface area (Å²) in [5, 5.41) is 7.06. The molecule has 0 radical (unpaired) electrons. The molecule has 0 aromatic heterocycles. The lowest BCUT2D eigenvalue weighted by Crippen LogP contribution is -2.77. The maximum Gasteiger partial charge on any atom is 0.135 e. The van der Waals surface area contributed by atoms with Gasteiger partial charge in [0, 0.05) is 12.0 Å². The minimum atomic E-state index is 0.108. The Morgan fingerprint density at radius 2 is 2.06 bits per heavy atom. The van der Waals surface area contributed by atoms with Crippen molar-refractivity contribution in [3.8, 4) is 0 Å². The van der Waals surface area contributed by atoms with Crippen LogP contribution >= 0.6 is 0 Å². The summed E-state index contributed by atoms with van der Waals surface area (Å²) in [6.07, 6.45) is 10.7. The highest BCUT2D eigenvalue weighted by atomic mass is 16.5. The van der Waals surface area contributed by atoms with Gasteiger partial charge in [-0.05, 0) is 45.0 Å². The number of ether oxygens (including phenoxy) is 1. The average molecular weight is 220 g/mol. The van der Waals surface area contributed by atoms with E-state index in [-0.39, 0.29) is 11.6 Å². The summed E-state index contributed by atoms with van der Waals surface area (Å²) in [6, 6.07) is 0. The Labute approximate surface area is 96.9 Å². The topological polar surface area (TPSA) is 33.3 Å². The van der Waals surface area contributed by atoms with Crippen LogP contribution in [0.5, 0.6) is 0 Å². The van der Waals surface area contributed by atoms with E-state index in [1.807, 2.05) is 12.3 Å². The molecule has 88 valence electrons. The molecule has 3 nitrogen and oxygen atoms in total. The molecule has 0 bridgehead atoms. The highest BCUT2D eigenvalue weighted by molar-refractivity contribution is 5.23. The molecule has 0 amide bonds. The second kappa shape index (κ2) is 3.60. The van der Waals surface area contributed by atoms with Gasteiger partial charge in [0.2, 0.25) is 0 Å². The molecule has 3 heterocycles. The fourth-order valence-electron chi connectivity index (χ4n) is 3.34. The molecule has 2 saturated heterocycles. The summed E-state index contributed by atoms with van der Waals surface area (Å²) in [7, 11) is 0. The van der Waals surface area contributed by atoms with Gasteiger partial charge >= 0.3 is 0 Å². The molecule has 2 unspecified atom stereocenters. The molecule has 2 N–H and O–H groups in total. The third-order valence-corrected chi connectivity index (χ3v) is 4.73. The van der Waals surface area contributed by atoms with Crippen LogP contribution in [0.3, 0.4) is 0 Å². The largest absolute Gasteiger partial charge is 0.492 e. The lowest BCUT2D eigenvalue weighted by atomic mass is 9.56. The SMILES string of the molecule is CC1(C2C=CC=CO2)NCC12CCNCC2. The van der Waals surface area contributed by atoms with Crippen LogP contribution in [0.1, 0.15) is 19.8 Å². The number of nitrogens with one attached hydrogen (secondary N) is 2. The second-order valence-corrected chi connectivity index (χ2v) is 5.36. The van der Waals surface area contributed by atoms with E-state index in [0.29, 0.717) is 5.41 Å². The lowest BCUT2D eigenvalue weighted by molar-refractivity contribution is -0.0942. The summed E-state index contributed by atoms with van der Waals surface area (Å²) in [5.74, 6) is 0. The maximum absolute atomic E-state index is 5.76. The van der Waals surface area contributed by atoms with Crippen molar-refractivity contribution in [2.45, 2.75) is 31.4 Å². The van der Waals surface area contributed by atoms with Gasteiger partial charge < -0.3 is 15.4 Å². The first-order valence-corrected chi connectivity index (χ1v) is 6.21. The van der Waals surface area contributed by atoms with E-state index in [1.54, 1.807) is 0 Å². The molecular formula is C13H20N2O. The number of hydrogen-bond acceptors (Lipinski definition) is 3. The van der Waals surface area contributed by atoms with Crippen molar-refractivity contribution in [1.82, 2.24) is 10.6 Å². The van der Waals surface area contributed by atoms with Crippen LogP contribution in [0.4, 0.5) is 0 Å². The number of allylic oxidation sites excluding steroid dienone is 2. The second-order valence-electron chi connectivity index (χ2n) is 5.36. The van der Waals surface area contributed by atoms with Gasteiger partial charge in [-0.2, -0.15) is 0 Å². The van der Waals surface area contributed by atoms with Crippen molar-refractivity contribution in [3.63, 3.8) is 0 Å². The molecule has 3 heteroatoms. The van der Waals surface area contributed by atoms with E-state index in [1.165, 1.54) is 12.8 Å². The molecule has 2 fully saturated rings. The molecule has 0 saturated carbocycles. The number of rotatable bonds is 1. The Hall–Kier alpha value is -0.800. The molecule has 0 aliphatic carbocycles. The first kappa shape index (κ1) is 10.4. The summed E-state index contributed by atoms with van der Waals surface area (Å²) in [5.41, 5.74) is 0.537. The standard InChI is InChI=1S/C13H20N2O/c1-12(11-4-2-3-9-16-11)13(10-15-12)5-7-14-8-6-13/h2-4,9,11,14-15H,5-8,10H2,1H3. The Balaban J connectivity index is 1.81. The summed E-state index contributed by atoms with van der Waals surface area (Å²) in [4.78, 5) is 0. The molecular weight excluding hydrogens is 200 g/mol. The molecule has 1 spiro atoms. The third kappa shape index (κ3) is 1.28. The highest BCUT2D eigenvalue weighted by Crippen LogP contribution is 2.49. The van der Waals surface area contributed by atoms with Gasteiger partial charge in [0.1, 0.15) is 6.10 Å². The molecule has 3 aliphatic heterocycles. The van der Waals surface area contributed by atoms with Crippen LogP contribution in [-0.2, 0) is 4.74 Å². The zero-order valence-electron chi connectivity index (χ0n) is 9.83. The van der Waals surface area contributed by atoms with Crippen molar-refractivity contribution in [3.05, 3.63) is 24.5 Å². The van der Waals surface area contributed by atoms with E-state index < -0.39 is 0 Å². The van der Waals surface area contributed by atoms with Crippen molar-refractivity contribution in [1.29, 1.82) is 0 Å². The third-order valence-electron chi connectivity index (χ3n) is 4.73. The quantitative estimate of drug-likeness (QED) is 0.696. The van der Waals surface area contributed by atoms with E-state index >= 15 is 0 Å². The summed E-state index contributed by atoms with van der Waals surface area (Å²) < 4.78 is 5.76. The molecule has 16 heavy (non-hydrogen) atoms. The molecule has 3 aliphatic rings. The van der Waals surface area contributed by atoms with Gasteiger partial charge in [-0.3, -0.25) is 0 Å². The predicted molar refractivity (Wildman–Crippen MR) is 64.1 cm³/mol. The first-order valence-electron chi connectivity index (χ1n) is 6.21. The van der Waals surface area contributed by atoms with Crippen molar-refractivity contribution in [2.75, 3.05) is 19.6 Å². The van der Waals surface area contributed by atoms with Gasteiger partial charge in [0.15, 0.2) is 0 Å². The zero-order valence-corrected chi connectivity index (χ0v) is 9.83. The Bertz CT molecular complexity index is 331. The predicted octanol–water partition coefficient (Wildman–Crippen LogP) is 1.19. The zero-order chi connectivity index (χ0) is 11.1. The van der Waals surface area contributed by atoms with Crippen molar-refractivity contribution >= 4 is 0 Å². The van der Waals surface area contributed by atoms with Gasteiger partial charge in [-0.25, -0.2) is 0 Å². The van der Waals surface area contributed by atoms with E-state index in [0.717, 1.165) is 19.6 Å². The van der Waals surface area contributed by atoms with Crippen LogP contribution in [-0.4, -0.2) is 31.3 Å². The van der Waals surface area contributed by atoms with E-state index in [2.05, 4.69) is 29.7 Å². The van der Waals surface area contributed by atoms with Gasteiger partial charge in [-0.15, -0.1) is 0 Å². The van der Waals surface area contributed by atoms with Crippen LogP contribution < -0.4 is 10.6 Å². The van der Waals surface area contributed by atoms with Gasteiger partial charge in [0.05, 0.1) is 11.8 Å². The maximum atomic E-state index is 5.76. The van der Waals surface area contributed by atoms with Gasteiger partial charge in [0.25, 0.3) is 0 Å². The lowest BCUT2D eigenvalue weighted by Gasteiger charge is -2.62. The summed E-state index contributed by atoms with van der Waals surface area (Å²) >= 11 is 0. The van der Waals surface area contributed by atoms with Crippen molar-refractivity contribution < 1.29 is 4.74 Å². The monoisotopic (exact) mass is 220 g/mol. The van der Waals surface area contributed by atoms with Gasteiger partial charge in [-0.1, -0.05) is 6.08 Å². The minimum Gasteiger partial charge on any atom is -0.492 e. The number of hydrogen-bond donors (Lipinski definition) is 2. The molecule has 0 aromatic rings. The number of piperidine rings is 1. The Kier molecular flexibility index (Phi) is 2.33. The fourth-order valence-corrected chi connectivity index (χ4v) is 3.34. The van der Waals surface area contributed by atoms with E-state index in [9.17, 15) is 0 Å². The smallest absolute Gasteiger partial charge is 0.135 e. The molecule has 3 rings (SSSR count). The Morgan fingerprint density at radius 1 is 1.25 bits per heavy atom. The Morgan fingerprint density at radius 3 is 2.62 bits per heavy atom. The molecule has 0 aromatic carbocycles. The van der Waals surface area contributed by atoms with Crippen molar-refractivity contribution in [2.24, 2.45) is 5.41 Å². The first-order chi connectivity index (χ1) is 7.77. The fraction of sp³-hybridized carbons (Fsp3) is 0.692. The van der Waals surface area contributed by atoms with Crippen LogP contribution in [0, 0.1) is 5.41 Å². The van der Waals surface area contributed by atoms with Crippen LogP contribution in [0.15, 0.2) is 24.5 Å². The van der Waals surface area contributed by atoms with E-state index in [4.69, 9.17) is 4.74 Å². The minimum absolute atomic E-state index is 0.108. The normalized spacial score (nSPS) is 40.4. The summed E-state index contributed by atoms with van der Waals surface area (Å²) in [6.45, 7) is 5.74. The van der Waals surface area contributed by atoms with Crippen LogP contribution in [0.2, 0.25) is 0 Å². The average Bonchev–Trinajstić information content (AvgIpc) is 2.38. The molecule has 2 atom stereocenters.